The first kappa shape index (κ1) is 19.3. The second-order valence-electron chi connectivity index (χ2n) is 5.83. The highest BCUT2D eigenvalue weighted by atomic mass is 32.2. The number of carbonyl (C=O) groups is 1. The number of rotatable bonds is 6. The zero-order valence-corrected chi connectivity index (χ0v) is 15.8. The van der Waals surface area contributed by atoms with Gasteiger partial charge in [-0.1, -0.05) is 18.2 Å². The highest BCUT2D eigenvalue weighted by Crippen LogP contribution is 2.35. The Balaban J connectivity index is 2.13. The van der Waals surface area contributed by atoms with E-state index in [1.807, 2.05) is 0 Å². The molecule has 0 aliphatic carbocycles. The van der Waals surface area contributed by atoms with E-state index >= 15 is 0 Å². The number of ether oxygens (including phenoxy) is 2. The number of anilines is 1. The molecule has 0 atom stereocenters. The Kier molecular flexibility index (Phi) is 5.02. The minimum Gasteiger partial charge on any atom is -0.508 e. The van der Waals surface area contributed by atoms with Gasteiger partial charge in [0, 0.05) is 11.5 Å². The van der Waals surface area contributed by atoms with Crippen molar-refractivity contribution in [2.24, 2.45) is 0 Å². The van der Waals surface area contributed by atoms with Gasteiger partial charge in [0.2, 0.25) is 0 Å². The number of phenols is 1. The van der Waals surface area contributed by atoms with Crippen LogP contribution in [0.2, 0.25) is 0 Å². The number of hydrogen-bond acceptors (Lipinski definition) is 6. The summed E-state index contributed by atoms with van der Waals surface area (Å²) in [6.07, 6.45) is 0. The van der Waals surface area contributed by atoms with Crippen LogP contribution in [-0.2, 0) is 10.0 Å². The molecule has 0 aliphatic rings. The standard InChI is InChI=1S/C19H17NO7S/c1-26-17-10-13(9-15(19(22)23)18(17)27-2)28(24,25)20-16-5-3-4-11-6-7-12(21)8-14(11)16/h3-10,20-21H,1-2H3,(H,22,23). The minimum absolute atomic E-state index is 0.0153. The number of nitrogens with one attached hydrogen (secondary N) is 1. The Hall–Kier alpha value is -3.46. The van der Waals surface area contributed by atoms with Crippen molar-refractivity contribution in [1.29, 1.82) is 0 Å². The molecule has 0 fully saturated rings. The number of aromatic hydroxyl groups is 1. The summed E-state index contributed by atoms with van der Waals surface area (Å²) in [4.78, 5) is 11.2. The molecule has 0 saturated heterocycles. The summed E-state index contributed by atoms with van der Waals surface area (Å²) >= 11 is 0. The van der Waals surface area contributed by atoms with E-state index in [0.717, 1.165) is 11.5 Å². The largest absolute Gasteiger partial charge is 0.508 e. The van der Waals surface area contributed by atoms with Crippen molar-refractivity contribution in [1.82, 2.24) is 0 Å². The van der Waals surface area contributed by atoms with E-state index in [1.165, 1.54) is 38.5 Å². The number of sulfonamides is 1. The molecule has 3 N–H and O–H groups in total. The molecule has 28 heavy (non-hydrogen) atoms. The molecule has 3 aromatic carbocycles. The molecule has 3 rings (SSSR count). The van der Waals surface area contributed by atoms with Crippen molar-refractivity contribution < 1.29 is 32.9 Å². The van der Waals surface area contributed by atoms with Crippen LogP contribution in [0.1, 0.15) is 10.4 Å². The van der Waals surface area contributed by atoms with E-state index in [-0.39, 0.29) is 33.4 Å². The number of hydrogen-bond donors (Lipinski definition) is 3. The van der Waals surface area contributed by atoms with Gasteiger partial charge in [-0.3, -0.25) is 4.72 Å². The second-order valence-corrected chi connectivity index (χ2v) is 7.51. The van der Waals surface area contributed by atoms with Crippen LogP contribution in [0.5, 0.6) is 17.2 Å². The van der Waals surface area contributed by atoms with Crippen molar-refractivity contribution in [3.8, 4) is 17.2 Å². The van der Waals surface area contributed by atoms with Crippen LogP contribution in [0.4, 0.5) is 5.69 Å². The van der Waals surface area contributed by atoms with Crippen molar-refractivity contribution in [3.63, 3.8) is 0 Å². The van der Waals surface area contributed by atoms with Gasteiger partial charge in [0.15, 0.2) is 11.5 Å². The first-order chi connectivity index (χ1) is 13.3. The molecule has 146 valence electrons. The maximum absolute atomic E-state index is 12.9. The Bertz CT molecular complexity index is 1170. The summed E-state index contributed by atoms with van der Waals surface area (Å²) in [5.41, 5.74) is -0.113. The number of phenolic OH excluding ortho intramolecular Hbond substituents is 1. The maximum atomic E-state index is 12.9. The monoisotopic (exact) mass is 403 g/mol. The number of fused-ring (bicyclic) bond motifs is 1. The fourth-order valence-corrected chi connectivity index (χ4v) is 3.93. The molecule has 0 heterocycles. The zero-order valence-electron chi connectivity index (χ0n) is 15.0. The number of benzene rings is 3. The smallest absolute Gasteiger partial charge is 0.339 e. The van der Waals surface area contributed by atoms with Gasteiger partial charge in [0.05, 0.1) is 24.8 Å². The first-order valence-electron chi connectivity index (χ1n) is 8.00. The molecular weight excluding hydrogens is 386 g/mol. The summed E-state index contributed by atoms with van der Waals surface area (Å²) in [7, 11) is -1.62. The molecule has 0 aromatic heterocycles. The van der Waals surface area contributed by atoms with Gasteiger partial charge in [-0.15, -0.1) is 0 Å². The van der Waals surface area contributed by atoms with E-state index in [9.17, 15) is 23.4 Å². The summed E-state index contributed by atoms with van der Waals surface area (Å²) in [5, 5.41) is 20.3. The molecular formula is C19H17NO7S. The van der Waals surface area contributed by atoms with Crippen molar-refractivity contribution in [3.05, 3.63) is 54.1 Å². The average Bonchev–Trinajstić information content (AvgIpc) is 2.66. The van der Waals surface area contributed by atoms with Gasteiger partial charge < -0.3 is 19.7 Å². The molecule has 3 aromatic rings. The lowest BCUT2D eigenvalue weighted by molar-refractivity contribution is 0.0692. The third kappa shape index (κ3) is 3.52. The van der Waals surface area contributed by atoms with Crippen molar-refractivity contribution in [2.75, 3.05) is 18.9 Å². The van der Waals surface area contributed by atoms with Crippen LogP contribution in [0.3, 0.4) is 0 Å². The fourth-order valence-electron chi connectivity index (χ4n) is 2.81. The van der Waals surface area contributed by atoms with E-state index in [1.54, 1.807) is 18.2 Å². The predicted octanol–water partition coefficient (Wildman–Crippen LogP) is 3.06. The molecule has 0 amide bonds. The number of methoxy groups -OCH3 is 2. The third-order valence-corrected chi connectivity index (χ3v) is 5.45. The molecule has 9 heteroatoms. The molecule has 0 spiro atoms. The fraction of sp³-hybridized carbons (Fsp3) is 0.105. The lowest BCUT2D eigenvalue weighted by atomic mass is 10.1. The summed E-state index contributed by atoms with van der Waals surface area (Å²) in [6, 6.07) is 11.7. The van der Waals surface area contributed by atoms with Gasteiger partial charge in [0.25, 0.3) is 10.0 Å². The first-order valence-corrected chi connectivity index (χ1v) is 9.49. The minimum atomic E-state index is -4.16. The summed E-state index contributed by atoms with van der Waals surface area (Å²) in [6.45, 7) is 0. The quantitative estimate of drug-likeness (QED) is 0.578. The van der Waals surface area contributed by atoms with Crippen LogP contribution in [0.15, 0.2) is 53.4 Å². The molecule has 0 aliphatic heterocycles. The van der Waals surface area contributed by atoms with Crippen molar-refractivity contribution >= 4 is 32.5 Å². The van der Waals surface area contributed by atoms with E-state index in [0.29, 0.717) is 5.39 Å². The normalized spacial score (nSPS) is 11.2. The van der Waals surface area contributed by atoms with Crippen LogP contribution in [0, 0.1) is 0 Å². The van der Waals surface area contributed by atoms with Crippen molar-refractivity contribution in [2.45, 2.75) is 4.90 Å². The van der Waals surface area contributed by atoms with Gasteiger partial charge in [-0.25, -0.2) is 13.2 Å². The third-order valence-electron chi connectivity index (χ3n) is 4.10. The van der Waals surface area contributed by atoms with Crippen LogP contribution < -0.4 is 14.2 Å². The lowest BCUT2D eigenvalue weighted by Crippen LogP contribution is -2.15. The SMILES string of the molecule is COc1cc(S(=O)(=O)Nc2cccc3ccc(O)cc23)cc(C(=O)O)c1OC. The molecule has 0 saturated carbocycles. The van der Waals surface area contributed by atoms with E-state index in [2.05, 4.69) is 4.72 Å². The maximum Gasteiger partial charge on any atom is 0.339 e. The molecule has 0 radical (unpaired) electrons. The van der Waals surface area contributed by atoms with Crippen LogP contribution in [0.25, 0.3) is 10.8 Å². The Morgan fingerprint density at radius 2 is 1.79 bits per heavy atom. The molecule has 0 unspecified atom stereocenters. The summed E-state index contributed by atoms with van der Waals surface area (Å²) < 4.78 is 38.4. The highest BCUT2D eigenvalue weighted by molar-refractivity contribution is 7.92. The Labute approximate surface area is 161 Å². The topological polar surface area (TPSA) is 122 Å². The average molecular weight is 403 g/mol. The number of carboxylic acid groups (broad SMARTS) is 1. The zero-order chi connectivity index (χ0) is 20.5. The van der Waals surface area contributed by atoms with Gasteiger partial charge in [-0.05, 0) is 29.7 Å². The van der Waals surface area contributed by atoms with Crippen LogP contribution >= 0.6 is 0 Å². The highest BCUT2D eigenvalue weighted by Gasteiger charge is 2.24. The number of carboxylic acids is 1. The Morgan fingerprint density at radius 3 is 2.43 bits per heavy atom. The second kappa shape index (κ2) is 7.28. The van der Waals surface area contributed by atoms with E-state index in [4.69, 9.17) is 9.47 Å². The summed E-state index contributed by atoms with van der Waals surface area (Å²) in [5.74, 6) is -1.48. The van der Waals surface area contributed by atoms with E-state index < -0.39 is 16.0 Å². The van der Waals surface area contributed by atoms with Gasteiger partial charge in [-0.2, -0.15) is 0 Å². The number of aromatic carboxylic acids is 1. The predicted molar refractivity (Wildman–Crippen MR) is 103 cm³/mol. The van der Waals surface area contributed by atoms with Gasteiger partial charge >= 0.3 is 5.97 Å². The molecule has 0 bridgehead atoms. The molecule has 8 nitrogen and oxygen atoms in total. The van der Waals surface area contributed by atoms with Gasteiger partial charge in [0.1, 0.15) is 11.3 Å². The van der Waals surface area contributed by atoms with Crippen LogP contribution in [-0.4, -0.2) is 38.8 Å². The Morgan fingerprint density at radius 1 is 1.04 bits per heavy atom. The lowest BCUT2D eigenvalue weighted by Gasteiger charge is -2.15.